The highest BCUT2D eigenvalue weighted by molar-refractivity contribution is 7.89. The summed E-state index contributed by atoms with van der Waals surface area (Å²) in [7, 11) is -3.68. The van der Waals surface area contributed by atoms with Gasteiger partial charge in [-0.25, -0.2) is 21.6 Å². The van der Waals surface area contributed by atoms with Gasteiger partial charge in [0.1, 0.15) is 5.82 Å². The average molecular weight is 427 g/mol. The van der Waals surface area contributed by atoms with Crippen LogP contribution in [0, 0.1) is 17.5 Å². The van der Waals surface area contributed by atoms with Gasteiger partial charge in [-0.2, -0.15) is 4.31 Å². The maximum absolute atomic E-state index is 13.2. The molecule has 10 heteroatoms. The smallest absolute Gasteiger partial charge is 0.251 e. The van der Waals surface area contributed by atoms with Crippen molar-refractivity contribution in [2.24, 2.45) is 0 Å². The van der Waals surface area contributed by atoms with E-state index in [2.05, 4.69) is 5.32 Å². The van der Waals surface area contributed by atoms with E-state index >= 15 is 0 Å². The first-order chi connectivity index (χ1) is 13.8. The van der Waals surface area contributed by atoms with Crippen molar-refractivity contribution in [3.05, 3.63) is 65.5 Å². The summed E-state index contributed by atoms with van der Waals surface area (Å²) < 4.78 is 65.6. The van der Waals surface area contributed by atoms with Gasteiger partial charge in [0, 0.05) is 44.8 Å². The summed E-state index contributed by atoms with van der Waals surface area (Å²) in [6, 6.07) is 7.63. The Hall–Kier alpha value is -2.43. The summed E-state index contributed by atoms with van der Waals surface area (Å²) in [5, 5.41) is 2.63. The van der Waals surface area contributed by atoms with Crippen LogP contribution >= 0.6 is 0 Å². The van der Waals surface area contributed by atoms with Gasteiger partial charge in [-0.1, -0.05) is 0 Å². The molecule has 1 amide bonds. The Morgan fingerprint density at radius 3 is 2.21 bits per heavy atom. The second kappa shape index (κ2) is 8.93. The van der Waals surface area contributed by atoms with Crippen molar-refractivity contribution in [2.45, 2.75) is 4.90 Å². The third kappa shape index (κ3) is 5.14. The first kappa shape index (κ1) is 21.3. The van der Waals surface area contributed by atoms with Crippen LogP contribution in [0.15, 0.2) is 47.4 Å². The maximum atomic E-state index is 13.2. The molecule has 2 aromatic carbocycles. The Morgan fingerprint density at radius 2 is 1.59 bits per heavy atom. The second-order valence-electron chi connectivity index (χ2n) is 6.58. The normalized spacial score (nSPS) is 16.0. The van der Waals surface area contributed by atoms with Crippen LogP contribution in [0.4, 0.5) is 13.2 Å². The lowest BCUT2D eigenvalue weighted by Gasteiger charge is -2.33. The molecule has 0 aliphatic carbocycles. The monoisotopic (exact) mass is 427 g/mol. The number of carbonyl (C=O) groups is 1. The number of rotatable bonds is 6. The fourth-order valence-corrected chi connectivity index (χ4v) is 4.44. The van der Waals surface area contributed by atoms with Gasteiger partial charge in [0.15, 0.2) is 11.6 Å². The largest absolute Gasteiger partial charge is 0.351 e. The summed E-state index contributed by atoms with van der Waals surface area (Å²) in [4.78, 5) is 14.0. The number of benzene rings is 2. The van der Waals surface area contributed by atoms with Crippen LogP contribution in [0.25, 0.3) is 0 Å². The van der Waals surface area contributed by atoms with E-state index in [0.29, 0.717) is 19.6 Å². The van der Waals surface area contributed by atoms with Gasteiger partial charge in [0.05, 0.1) is 4.90 Å². The summed E-state index contributed by atoms with van der Waals surface area (Å²) in [5.41, 5.74) is 0.0270. The molecule has 3 rings (SSSR count). The second-order valence-corrected chi connectivity index (χ2v) is 8.52. The van der Waals surface area contributed by atoms with Crippen molar-refractivity contribution in [1.82, 2.24) is 14.5 Å². The number of nitrogens with one attached hydrogen (secondary N) is 1. The van der Waals surface area contributed by atoms with Gasteiger partial charge >= 0.3 is 0 Å². The van der Waals surface area contributed by atoms with E-state index < -0.39 is 33.4 Å². The first-order valence-corrected chi connectivity index (χ1v) is 10.4. The molecule has 0 bridgehead atoms. The Kier molecular flexibility index (Phi) is 6.56. The zero-order valence-corrected chi connectivity index (χ0v) is 16.3. The van der Waals surface area contributed by atoms with Crippen molar-refractivity contribution in [3.8, 4) is 0 Å². The van der Waals surface area contributed by atoms with E-state index in [1.165, 1.54) is 22.5 Å². The lowest BCUT2D eigenvalue weighted by atomic mass is 10.2. The van der Waals surface area contributed by atoms with E-state index in [1.54, 1.807) is 0 Å². The summed E-state index contributed by atoms with van der Waals surface area (Å²) in [6.45, 7) is 2.26. The minimum absolute atomic E-state index is 0.0270. The van der Waals surface area contributed by atoms with E-state index in [4.69, 9.17) is 0 Å². The topological polar surface area (TPSA) is 69.7 Å². The van der Waals surface area contributed by atoms with Crippen LogP contribution in [0.5, 0.6) is 0 Å². The number of piperazine rings is 1. The van der Waals surface area contributed by atoms with E-state index in [0.717, 1.165) is 24.3 Å². The molecule has 0 unspecified atom stereocenters. The van der Waals surface area contributed by atoms with Gasteiger partial charge in [-0.3, -0.25) is 9.69 Å². The SMILES string of the molecule is O=C(NCCN1CCN(S(=O)(=O)c2ccc(F)cc2)CC1)c1ccc(F)c(F)c1. The van der Waals surface area contributed by atoms with E-state index in [-0.39, 0.29) is 30.1 Å². The highest BCUT2D eigenvalue weighted by Crippen LogP contribution is 2.18. The molecule has 1 saturated heterocycles. The Balaban J connectivity index is 1.46. The Morgan fingerprint density at radius 1 is 0.931 bits per heavy atom. The van der Waals surface area contributed by atoms with Crippen LogP contribution in [0.2, 0.25) is 0 Å². The zero-order valence-electron chi connectivity index (χ0n) is 15.4. The summed E-state index contributed by atoms with van der Waals surface area (Å²) >= 11 is 0. The summed E-state index contributed by atoms with van der Waals surface area (Å²) in [6.07, 6.45) is 0. The molecule has 1 fully saturated rings. The average Bonchev–Trinajstić information content (AvgIpc) is 2.70. The van der Waals surface area contributed by atoms with Crippen LogP contribution in [0.1, 0.15) is 10.4 Å². The molecular formula is C19H20F3N3O3S. The Bertz CT molecular complexity index is 976. The van der Waals surface area contributed by atoms with Crippen LogP contribution in [0.3, 0.4) is 0 Å². The van der Waals surface area contributed by atoms with Crippen molar-refractivity contribution < 1.29 is 26.4 Å². The summed E-state index contributed by atoms with van der Waals surface area (Å²) in [5.74, 6) is -3.12. The third-order valence-electron chi connectivity index (χ3n) is 4.68. The highest BCUT2D eigenvalue weighted by Gasteiger charge is 2.28. The molecule has 29 heavy (non-hydrogen) atoms. The van der Waals surface area contributed by atoms with Gasteiger partial charge in [0.25, 0.3) is 5.91 Å². The van der Waals surface area contributed by atoms with Crippen molar-refractivity contribution in [3.63, 3.8) is 0 Å². The fourth-order valence-electron chi connectivity index (χ4n) is 3.02. The van der Waals surface area contributed by atoms with Gasteiger partial charge in [-0.15, -0.1) is 0 Å². The van der Waals surface area contributed by atoms with Crippen LogP contribution in [-0.4, -0.2) is 62.8 Å². The quantitative estimate of drug-likeness (QED) is 0.764. The van der Waals surface area contributed by atoms with E-state index in [9.17, 15) is 26.4 Å². The molecule has 1 heterocycles. The molecule has 1 aliphatic heterocycles. The molecule has 1 aliphatic rings. The van der Waals surface area contributed by atoms with Gasteiger partial charge in [-0.05, 0) is 42.5 Å². The third-order valence-corrected chi connectivity index (χ3v) is 6.59. The maximum Gasteiger partial charge on any atom is 0.251 e. The molecule has 0 radical (unpaired) electrons. The van der Waals surface area contributed by atoms with Crippen molar-refractivity contribution in [1.29, 1.82) is 0 Å². The molecule has 156 valence electrons. The van der Waals surface area contributed by atoms with Gasteiger partial charge < -0.3 is 5.32 Å². The predicted molar refractivity (Wildman–Crippen MR) is 100 cm³/mol. The molecule has 6 nitrogen and oxygen atoms in total. The molecule has 0 aromatic heterocycles. The number of nitrogens with zero attached hydrogens (tertiary/aromatic N) is 2. The molecular weight excluding hydrogens is 407 g/mol. The van der Waals surface area contributed by atoms with Gasteiger partial charge in [0.2, 0.25) is 10.0 Å². The molecule has 0 spiro atoms. The highest BCUT2D eigenvalue weighted by atomic mass is 32.2. The number of amides is 1. The minimum Gasteiger partial charge on any atom is -0.351 e. The van der Waals surface area contributed by atoms with Crippen molar-refractivity contribution >= 4 is 15.9 Å². The molecule has 0 atom stereocenters. The first-order valence-electron chi connectivity index (χ1n) is 8.99. The number of halogens is 3. The molecule has 2 aromatic rings. The van der Waals surface area contributed by atoms with E-state index in [1.807, 2.05) is 4.90 Å². The lowest BCUT2D eigenvalue weighted by molar-refractivity contribution is 0.0944. The number of sulfonamides is 1. The van der Waals surface area contributed by atoms with Crippen molar-refractivity contribution in [2.75, 3.05) is 39.3 Å². The number of hydrogen-bond acceptors (Lipinski definition) is 4. The number of carbonyl (C=O) groups excluding carboxylic acids is 1. The fraction of sp³-hybridized carbons (Fsp3) is 0.316. The lowest BCUT2D eigenvalue weighted by Crippen LogP contribution is -2.50. The Labute approximate surface area is 167 Å². The number of hydrogen-bond donors (Lipinski definition) is 1. The van der Waals surface area contributed by atoms with Crippen LogP contribution < -0.4 is 5.32 Å². The molecule has 1 N–H and O–H groups in total. The zero-order chi connectivity index (χ0) is 21.0. The van der Waals surface area contributed by atoms with Crippen LogP contribution in [-0.2, 0) is 10.0 Å². The molecule has 0 saturated carbocycles. The predicted octanol–water partition coefficient (Wildman–Crippen LogP) is 1.84. The standard InChI is InChI=1S/C19H20F3N3O3S/c20-15-2-4-16(5-3-15)29(27,28)25-11-9-24(10-12-25)8-7-23-19(26)14-1-6-17(21)18(22)13-14/h1-6,13H,7-12H2,(H,23,26). The minimum atomic E-state index is -3.68.